The first kappa shape index (κ1) is 9.58. The van der Waals surface area contributed by atoms with Crippen LogP contribution in [0.5, 0.6) is 0 Å². The van der Waals surface area contributed by atoms with Gasteiger partial charge in [-0.1, -0.05) is 0 Å². The minimum absolute atomic E-state index is 0.157. The second-order valence-electron chi connectivity index (χ2n) is 4.03. The minimum atomic E-state index is -2.55. The van der Waals surface area contributed by atoms with Gasteiger partial charge in [0.1, 0.15) is 0 Å². The standard InChI is InChI=1S/C9H13F2N3/c1-14-7(2-3-13-14)8(6-12)4-9(10,11)5-8/h2-3H,4-6,12H2,1H3. The number of hydrogen-bond donors (Lipinski definition) is 1. The Labute approximate surface area is 80.9 Å². The van der Waals surface area contributed by atoms with Crippen molar-refractivity contribution in [2.45, 2.75) is 24.2 Å². The molecule has 0 spiro atoms. The van der Waals surface area contributed by atoms with Crippen molar-refractivity contribution >= 4 is 0 Å². The third-order valence-corrected chi connectivity index (χ3v) is 2.95. The van der Waals surface area contributed by atoms with Gasteiger partial charge in [0, 0.05) is 43.7 Å². The summed E-state index contributed by atoms with van der Waals surface area (Å²) in [7, 11) is 1.75. The Morgan fingerprint density at radius 3 is 2.57 bits per heavy atom. The summed E-state index contributed by atoms with van der Waals surface area (Å²) in [5, 5.41) is 3.98. The molecule has 0 atom stereocenters. The molecule has 0 aromatic carbocycles. The Morgan fingerprint density at radius 1 is 1.57 bits per heavy atom. The second kappa shape index (κ2) is 2.76. The molecule has 1 saturated carbocycles. The van der Waals surface area contributed by atoms with Crippen LogP contribution in [0.1, 0.15) is 18.5 Å². The predicted molar refractivity (Wildman–Crippen MR) is 48.1 cm³/mol. The van der Waals surface area contributed by atoms with Crippen molar-refractivity contribution < 1.29 is 8.78 Å². The molecule has 5 heteroatoms. The van der Waals surface area contributed by atoms with E-state index in [1.807, 2.05) is 0 Å². The highest BCUT2D eigenvalue weighted by Gasteiger charge is 2.57. The van der Waals surface area contributed by atoms with Crippen molar-refractivity contribution in [3.63, 3.8) is 0 Å². The summed E-state index contributed by atoms with van der Waals surface area (Å²) in [5.41, 5.74) is 5.83. The lowest BCUT2D eigenvalue weighted by atomic mass is 9.64. The van der Waals surface area contributed by atoms with E-state index in [2.05, 4.69) is 5.10 Å². The molecule has 2 rings (SSSR count). The highest BCUT2D eigenvalue weighted by molar-refractivity contribution is 5.24. The van der Waals surface area contributed by atoms with E-state index < -0.39 is 11.3 Å². The zero-order valence-electron chi connectivity index (χ0n) is 8.00. The summed E-state index contributed by atoms with van der Waals surface area (Å²) >= 11 is 0. The quantitative estimate of drug-likeness (QED) is 0.777. The van der Waals surface area contributed by atoms with Crippen molar-refractivity contribution in [3.8, 4) is 0 Å². The van der Waals surface area contributed by atoms with Gasteiger partial charge >= 0.3 is 0 Å². The van der Waals surface area contributed by atoms with Gasteiger partial charge in [0.05, 0.1) is 0 Å². The maximum atomic E-state index is 12.9. The van der Waals surface area contributed by atoms with Crippen molar-refractivity contribution in [1.82, 2.24) is 9.78 Å². The van der Waals surface area contributed by atoms with Crippen LogP contribution in [-0.4, -0.2) is 22.2 Å². The highest BCUT2D eigenvalue weighted by atomic mass is 19.3. The molecule has 0 unspecified atom stereocenters. The first-order chi connectivity index (χ1) is 6.49. The number of aryl methyl sites for hydroxylation is 1. The third-order valence-electron chi connectivity index (χ3n) is 2.95. The molecule has 1 heterocycles. The van der Waals surface area contributed by atoms with Gasteiger partial charge in [-0.15, -0.1) is 0 Å². The van der Waals surface area contributed by atoms with Crippen LogP contribution in [0, 0.1) is 0 Å². The van der Waals surface area contributed by atoms with Gasteiger partial charge in [-0.25, -0.2) is 8.78 Å². The van der Waals surface area contributed by atoms with E-state index in [4.69, 9.17) is 5.73 Å². The summed E-state index contributed by atoms with van der Waals surface area (Å²) in [6, 6.07) is 1.77. The van der Waals surface area contributed by atoms with E-state index >= 15 is 0 Å². The van der Waals surface area contributed by atoms with Gasteiger partial charge in [0.15, 0.2) is 0 Å². The average Bonchev–Trinajstić information content (AvgIpc) is 2.46. The van der Waals surface area contributed by atoms with Gasteiger partial charge in [0.2, 0.25) is 5.92 Å². The van der Waals surface area contributed by atoms with Crippen LogP contribution in [0.25, 0.3) is 0 Å². The number of rotatable bonds is 2. The van der Waals surface area contributed by atoms with E-state index in [0.717, 1.165) is 5.69 Å². The molecule has 0 aliphatic heterocycles. The van der Waals surface area contributed by atoms with Crippen LogP contribution in [0.4, 0.5) is 8.78 Å². The van der Waals surface area contributed by atoms with Gasteiger partial charge in [-0.3, -0.25) is 4.68 Å². The fraction of sp³-hybridized carbons (Fsp3) is 0.667. The van der Waals surface area contributed by atoms with Gasteiger partial charge < -0.3 is 5.73 Å². The van der Waals surface area contributed by atoms with E-state index in [0.29, 0.717) is 0 Å². The van der Waals surface area contributed by atoms with Crippen LogP contribution in [0.3, 0.4) is 0 Å². The molecule has 2 N–H and O–H groups in total. The van der Waals surface area contributed by atoms with Gasteiger partial charge in [-0.2, -0.15) is 5.10 Å². The highest BCUT2D eigenvalue weighted by Crippen LogP contribution is 2.52. The molecule has 1 aromatic heterocycles. The number of alkyl halides is 2. The average molecular weight is 201 g/mol. The van der Waals surface area contributed by atoms with Crippen LogP contribution >= 0.6 is 0 Å². The Kier molecular flexibility index (Phi) is 1.89. The smallest absolute Gasteiger partial charge is 0.250 e. The normalized spacial score (nSPS) is 23.1. The van der Waals surface area contributed by atoms with Crippen LogP contribution in [0.2, 0.25) is 0 Å². The number of halogens is 2. The lowest BCUT2D eigenvalue weighted by Crippen LogP contribution is -2.54. The number of aromatic nitrogens is 2. The van der Waals surface area contributed by atoms with Gasteiger partial charge in [-0.05, 0) is 6.07 Å². The topological polar surface area (TPSA) is 43.8 Å². The van der Waals surface area contributed by atoms with Crippen molar-refractivity contribution in [3.05, 3.63) is 18.0 Å². The van der Waals surface area contributed by atoms with E-state index in [1.165, 1.54) is 0 Å². The maximum Gasteiger partial charge on any atom is 0.250 e. The molecule has 0 bridgehead atoms. The van der Waals surface area contributed by atoms with E-state index in [1.54, 1.807) is 24.0 Å². The molecule has 0 saturated heterocycles. The maximum absolute atomic E-state index is 12.9. The SMILES string of the molecule is Cn1nccc1C1(CN)CC(F)(F)C1. The molecular weight excluding hydrogens is 188 g/mol. The fourth-order valence-corrected chi connectivity index (χ4v) is 2.26. The van der Waals surface area contributed by atoms with E-state index in [9.17, 15) is 8.78 Å². The summed E-state index contributed by atoms with van der Waals surface area (Å²) in [6.07, 6.45) is 1.30. The predicted octanol–water partition coefficient (Wildman–Crippen LogP) is 1.05. The number of nitrogens with zero attached hydrogens (tertiary/aromatic N) is 2. The summed E-state index contributed by atoms with van der Waals surface area (Å²) in [6.45, 7) is 0.252. The molecule has 78 valence electrons. The Bertz CT molecular complexity index is 338. The molecule has 1 aromatic rings. The Morgan fingerprint density at radius 2 is 2.21 bits per heavy atom. The van der Waals surface area contributed by atoms with Crippen LogP contribution < -0.4 is 5.73 Å². The zero-order valence-corrected chi connectivity index (χ0v) is 8.00. The van der Waals surface area contributed by atoms with Crippen molar-refractivity contribution in [2.75, 3.05) is 6.54 Å². The fourth-order valence-electron chi connectivity index (χ4n) is 2.26. The summed E-state index contributed by atoms with van der Waals surface area (Å²) < 4.78 is 27.3. The van der Waals surface area contributed by atoms with Crippen LogP contribution in [-0.2, 0) is 12.5 Å². The Hall–Kier alpha value is -0.970. The first-order valence-electron chi connectivity index (χ1n) is 4.56. The number of nitrogens with two attached hydrogens (primary N) is 1. The molecule has 1 aliphatic carbocycles. The zero-order chi connectivity index (χ0) is 10.4. The first-order valence-corrected chi connectivity index (χ1v) is 4.56. The number of hydrogen-bond acceptors (Lipinski definition) is 2. The molecule has 1 aliphatic rings. The van der Waals surface area contributed by atoms with Gasteiger partial charge in [0.25, 0.3) is 0 Å². The molecule has 0 amide bonds. The van der Waals surface area contributed by atoms with Crippen molar-refractivity contribution in [1.29, 1.82) is 0 Å². The molecule has 3 nitrogen and oxygen atoms in total. The van der Waals surface area contributed by atoms with Crippen molar-refractivity contribution in [2.24, 2.45) is 12.8 Å². The van der Waals surface area contributed by atoms with Crippen LogP contribution in [0.15, 0.2) is 12.3 Å². The largest absolute Gasteiger partial charge is 0.330 e. The Balaban J connectivity index is 2.29. The monoisotopic (exact) mass is 201 g/mol. The summed E-state index contributed by atoms with van der Waals surface area (Å²) in [4.78, 5) is 0. The molecule has 14 heavy (non-hydrogen) atoms. The molecule has 0 radical (unpaired) electrons. The summed E-state index contributed by atoms with van der Waals surface area (Å²) in [5.74, 6) is -2.55. The third kappa shape index (κ3) is 1.23. The minimum Gasteiger partial charge on any atom is -0.330 e. The lowest BCUT2D eigenvalue weighted by molar-refractivity contribution is -0.125. The lowest BCUT2D eigenvalue weighted by Gasteiger charge is -2.46. The van der Waals surface area contributed by atoms with E-state index in [-0.39, 0.29) is 19.4 Å². The molecule has 1 fully saturated rings. The second-order valence-corrected chi connectivity index (χ2v) is 4.03. The molecular formula is C9H13F2N3.